The normalized spacial score (nSPS) is 11.9. The van der Waals surface area contributed by atoms with E-state index in [0.717, 1.165) is 0 Å². The Bertz CT molecular complexity index is 461. The van der Waals surface area contributed by atoms with E-state index in [1.807, 2.05) is 0 Å². The van der Waals surface area contributed by atoms with Crippen LogP contribution in [0.2, 0.25) is 0 Å². The number of amides is 1. The molecule has 0 saturated carbocycles. The molecule has 0 aliphatic carbocycles. The highest BCUT2D eigenvalue weighted by Crippen LogP contribution is 2.25. The predicted molar refractivity (Wildman–Crippen MR) is 62.9 cm³/mol. The average molecular weight is 254 g/mol. The van der Waals surface area contributed by atoms with E-state index in [9.17, 15) is 14.9 Å². The van der Waals surface area contributed by atoms with Gasteiger partial charge in [-0.25, -0.2) is 0 Å². The molecule has 98 valence electrons. The van der Waals surface area contributed by atoms with Crippen molar-refractivity contribution in [1.82, 2.24) is 0 Å². The number of non-ortho nitro benzene ring substituents is 1. The fourth-order valence-corrected chi connectivity index (χ4v) is 1.41. The third-order valence-electron chi connectivity index (χ3n) is 2.38. The van der Waals surface area contributed by atoms with Crippen molar-refractivity contribution in [2.45, 2.75) is 26.1 Å². The number of hydrogen-bond acceptors (Lipinski definition) is 5. The molecule has 7 nitrogen and oxygen atoms in total. The maximum atomic E-state index is 11.0. The monoisotopic (exact) mass is 254 g/mol. The van der Waals surface area contributed by atoms with E-state index in [1.165, 1.54) is 18.2 Å². The molecule has 0 heterocycles. The summed E-state index contributed by atoms with van der Waals surface area (Å²) in [6, 6.07) is 3.78. The number of carbonyl (C=O) groups excluding carboxylic acids is 1. The van der Waals surface area contributed by atoms with Crippen molar-refractivity contribution in [1.29, 1.82) is 0 Å². The van der Waals surface area contributed by atoms with Gasteiger partial charge < -0.3 is 15.6 Å². The zero-order valence-corrected chi connectivity index (χ0v) is 9.83. The number of carbonyl (C=O) groups is 1. The summed E-state index contributed by atoms with van der Waals surface area (Å²) in [6.45, 7) is 1.30. The van der Waals surface area contributed by atoms with Gasteiger partial charge in [0, 0.05) is 17.7 Å². The summed E-state index contributed by atoms with van der Waals surface area (Å²) < 4.78 is 5.32. The summed E-state index contributed by atoms with van der Waals surface area (Å²) >= 11 is 0. The lowest BCUT2D eigenvalue weighted by Gasteiger charge is -2.16. The van der Waals surface area contributed by atoms with E-state index >= 15 is 0 Å². The van der Waals surface area contributed by atoms with E-state index in [4.69, 9.17) is 15.6 Å². The van der Waals surface area contributed by atoms with Crippen LogP contribution in [0.4, 0.5) is 5.69 Å². The van der Waals surface area contributed by atoms with Gasteiger partial charge in [-0.1, -0.05) is 6.92 Å². The number of nitrogens with zero attached hydrogens (tertiary/aromatic N) is 1. The van der Waals surface area contributed by atoms with Crippen molar-refractivity contribution >= 4 is 11.6 Å². The molecule has 0 aliphatic heterocycles. The fraction of sp³-hybridized carbons (Fsp3) is 0.364. The van der Waals surface area contributed by atoms with Crippen molar-refractivity contribution in [2.24, 2.45) is 5.73 Å². The number of primary amides is 1. The summed E-state index contributed by atoms with van der Waals surface area (Å²) in [7, 11) is 0. The molecule has 0 spiro atoms. The fourth-order valence-electron chi connectivity index (χ4n) is 1.41. The van der Waals surface area contributed by atoms with Crippen molar-refractivity contribution in [3.8, 4) is 5.75 Å². The Hall–Kier alpha value is -2.15. The van der Waals surface area contributed by atoms with Crippen molar-refractivity contribution < 1.29 is 19.6 Å². The minimum absolute atomic E-state index is 0.154. The maximum Gasteiger partial charge on any atom is 0.270 e. The maximum absolute atomic E-state index is 11.0. The Morgan fingerprint density at radius 3 is 2.72 bits per heavy atom. The molecule has 0 aliphatic rings. The molecule has 0 aromatic heterocycles. The van der Waals surface area contributed by atoms with Gasteiger partial charge in [-0.15, -0.1) is 0 Å². The van der Waals surface area contributed by atoms with Gasteiger partial charge in [0.2, 0.25) is 0 Å². The van der Waals surface area contributed by atoms with Crippen LogP contribution in [0.15, 0.2) is 18.2 Å². The number of nitro benzene ring substituents is 1. The number of hydrogen-bond donors (Lipinski definition) is 2. The van der Waals surface area contributed by atoms with Gasteiger partial charge in [-0.2, -0.15) is 0 Å². The summed E-state index contributed by atoms with van der Waals surface area (Å²) in [5.41, 5.74) is 5.22. The topological polar surface area (TPSA) is 116 Å². The van der Waals surface area contributed by atoms with Crippen LogP contribution in [0.1, 0.15) is 18.9 Å². The Morgan fingerprint density at radius 1 is 1.61 bits per heavy atom. The molecular weight excluding hydrogens is 240 g/mol. The van der Waals surface area contributed by atoms with Crippen LogP contribution in [-0.4, -0.2) is 22.0 Å². The second-order valence-electron chi connectivity index (χ2n) is 3.62. The largest absolute Gasteiger partial charge is 0.480 e. The SMILES string of the molecule is CCC(Oc1ccc([N+](=O)[O-])cc1CO)C(N)=O. The number of aliphatic hydroxyl groups is 1. The predicted octanol–water partition coefficient (Wildman–Crippen LogP) is 0.730. The number of aliphatic hydroxyl groups excluding tert-OH is 1. The lowest BCUT2D eigenvalue weighted by molar-refractivity contribution is -0.385. The summed E-state index contributed by atoms with van der Waals surface area (Å²) in [5.74, 6) is -0.409. The first kappa shape index (κ1) is 13.9. The number of nitrogens with two attached hydrogens (primary N) is 1. The van der Waals surface area contributed by atoms with Gasteiger partial charge in [0.15, 0.2) is 6.10 Å². The molecule has 0 radical (unpaired) electrons. The van der Waals surface area contributed by atoms with Crippen LogP contribution in [0.25, 0.3) is 0 Å². The Morgan fingerprint density at radius 2 is 2.28 bits per heavy atom. The van der Waals surface area contributed by atoms with Gasteiger partial charge in [-0.3, -0.25) is 14.9 Å². The van der Waals surface area contributed by atoms with Crippen LogP contribution >= 0.6 is 0 Å². The van der Waals surface area contributed by atoms with Crippen LogP contribution in [0.5, 0.6) is 5.75 Å². The van der Waals surface area contributed by atoms with Crippen molar-refractivity contribution in [3.63, 3.8) is 0 Å². The third kappa shape index (κ3) is 3.17. The van der Waals surface area contributed by atoms with E-state index in [1.54, 1.807) is 6.92 Å². The van der Waals surface area contributed by atoms with Crippen LogP contribution in [0, 0.1) is 10.1 Å². The van der Waals surface area contributed by atoms with Crippen LogP contribution < -0.4 is 10.5 Å². The highest BCUT2D eigenvalue weighted by atomic mass is 16.6. The summed E-state index contributed by atoms with van der Waals surface area (Å²) in [6.07, 6.45) is -0.450. The molecule has 0 fully saturated rings. The number of benzene rings is 1. The lowest BCUT2D eigenvalue weighted by Crippen LogP contribution is -2.33. The molecule has 0 bridgehead atoms. The first-order chi connectivity index (χ1) is 8.49. The van der Waals surface area contributed by atoms with Crippen LogP contribution in [0.3, 0.4) is 0 Å². The zero-order valence-electron chi connectivity index (χ0n) is 9.83. The highest BCUT2D eigenvalue weighted by Gasteiger charge is 2.18. The van der Waals surface area contributed by atoms with E-state index < -0.39 is 23.5 Å². The molecule has 7 heteroatoms. The van der Waals surface area contributed by atoms with E-state index in [2.05, 4.69) is 0 Å². The minimum Gasteiger partial charge on any atom is -0.480 e. The van der Waals surface area contributed by atoms with Crippen LogP contribution in [-0.2, 0) is 11.4 Å². The molecule has 0 saturated heterocycles. The highest BCUT2D eigenvalue weighted by molar-refractivity contribution is 5.79. The minimum atomic E-state index is -0.822. The average Bonchev–Trinajstić information content (AvgIpc) is 2.35. The summed E-state index contributed by atoms with van der Waals surface area (Å²) in [4.78, 5) is 21.0. The molecule has 1 amide bonds. The van der Waals surface area contributed by atoms with Gasteiger partial charge in [0.05, 0.1) is 11.5 Å². The second-order valence-corrected chi connectivity index (χ2v) is 3.62. The third-order valence-corrected chi connectivity index (χ3v) is 2.38. The van der Waals surface area contributed by atoms with Crippen molar-refractivity contribution in [2.75, 3.05) is 0 Å². The Kier molecular flexibility index (Phi) is 4.61. The van der Waals surface area contributed by atoms with E-state index in [-0.39, 0.29) is 17.0 Å². The molecule has 1 aromatic rings. The van der Waals surface area contributed by atoms with Gasteiger partial charge in [0.25, 0.3) is 11.6 Å². The quantitative estimate of drug-likeness (QED) is 0.573. The molecular formula is C11H14N2O5. The van der Waals surface area contributed by atoms with Crippen molar-refractivity contribution in [3.05, 3.63) is 33.9 Å². The first-order valence-corrected chi connectivity index (χ1v) is 5.33. The lowest BCUT2D eigenvalue weighted by atomic mass is 10.2. The van der Waals surface area contributed by atoms with Gasteiger partial charge in [0.1, 0.15) is 5.75 Å². The smallest absolute Gasteiger partial charge is 0.270 e. The molecule has 18 heavy (non-hydrogen) atoms. The Labute approximate surface area is 103 Å². The second kappa shape index (κ2) is 5.97. The Balaban J connectivity index is 3.02. The number of ether oxygens (including phenoxy) is 1. The van der Waals surface area contributed by atoms with E-state index in [0.29, 0.717) is 6.42 Å². The summed E-state index contributed by atoms with van der Waals surface area (Å²) in [5, 5.41) is 19.7. The van der Waals surface area contributed by atoms with Gasteiger partial charge >= 0.3 is 0 Å². The molecule has 3 N–H and O–H groups in total. The number of nitro groups is 1. The molecule has 1 unspecified atom stereocenters. The first-order valence-electron chi connectivity index (χ1n) is 5.33. The number of rotatable bonds is 6. The molecule has 1 aromatic carbocycles. The molecule has 1 atom stereocenters. The standard InChI is InChI=1S/C11H14N2O5/c1-2-9(11(12)15)18-10-4-3-8(13(16)17)5-7(10)6-14/h3-5,9,14H,2,6H2,1H3,(H2,12,15). The van der Waals surface area contributed by atoms with Gasteiger partial charge in [-0.05, 0) is 12.5 Å². The zero-order chi connectivity index (χ0) is 13.7. The molecule has 1 rings (SSSR count).